The molecule has 3 aromatic rings. The lowest BCUT2D eigenvalue weighted by atomic mass is 10.2. The Kier molecular flexibility index (Phi) is 6.60. The first-order valence-corrected chi connectivity index (χ1v) is 9.80. The van der Waals surface area contributed by atoms with Crippen molar-refractivity contribution in [2.24, 2.45) is 0 Å². The number of benzene rings is 2. The molecule has 0 aliphatic carbocycles. The van der Waals surface area contributed by atoms with E-state index in [9.17, 15) is 9.18 Å². The molecular formula is C21H21FN4OS. The zero-order valence-corrected chi connectivity index (χ0v) is 16.4. The molecule has 0 unspecified atom stereocenters. The van der Waals surface area contributed by atoms with Crippen LogP contribution in [-0.2, 0) is 18.8 Å². The van der Waals surface area contributed by atoms with E-state index < -0.39 is 0 Å². The van der Waals surface area contributed by atoms with E-state index in [0.717, 1.165) is 10.9 Å². The molecule has 1 N–H and O–H groups in total. The normalized spacial score (nSPS) is 10.6. The first-order chi connectivity index (χ1) is 13.6. The summed E-state index contributed by atoms with van der Waals surface area (Å²) >= 11 is 1.59. The number of carbonyl (C=O) groups excluding carboxylic acids is 1. The van der Waals surface area contributed by atoms with Gasteiger partial charge in [0.15, 0.2) is 11.0 Å². The second kappa shape index (κ2) is 9.32. The Balaban J connectivity index is 1.66. The fourth-order valence-electron chi connectivity index (χ4n) is 2.68. The number of aryl methyl sites for hydroxylation is 1. The molecule has 0 bridgehead atoms. The molecule has 7 heteroatoms. The first kappa shape index (κ1) is 19.8. The maximum atomic E-state index is 13.0. The van der Waals surface area contributed by atoms with E-state index in [0.29, 0.717) is 17.9 Å². The number of nitrogens with zero attached hydrogens (tertiary/aromatic N) is 3. The molecule has 144 valence electrons. The van der Waals surface area contributed by atoms with Gasteiger partial charge in [0, 0.05) is 17.9 Å². The average molecular weight is 396 g/mol. The van der Waals surface area contributed by atoms with Gasteiger partial charge in [-0.15, -0.1) is 16.8 Å². The molecule has 0 radical (unpaired) electrons. The maximum Gasteiger partial charge on any atom is 0.251 e. The van der Waals surface area contributed by atoms with Gasteiger partial charge in [-0.05, 0) is 36.8 Å². The van der Waals surface area contributed by atoms with Crippen molar-refractivity contribution in [3.63, 3.8) is 0 Å². The zero-order valence-electron chi connectivity index (χ0n) is 15.6. The van der Waals surface area contributed by atoms with Crippen molar-refractivity contribution in [2.45, 2.75) is 30.9 Å². The van der Waals surface area contributed by atoms with E-state index in [1.807, 2.05) is 10.6 Å². The number of allylic oxidation sites excluding steroid dienone is 1. The van der Waals surface area contributed by atoms with Gasteiger partial charge in [0.05, 0.1) is 6.54 Å². The molecule has 0 aliphatic rings. The van der Waals surface area contributed by atoms with Crippen molar-refractivity contribution in [3.8, 4) is 0 Å². The number of carbonyl (C=O) groups is 1. The predicted molar refractivity (Wildman–Crippen MR) is 109 cm³/mol. The van der Waals surface area contributed by atoms with Crippen molar-refractivity contribution >= 4 is 17.7 Å². The minimum Gasteiger partial charge on any atom is -0.345 e. The summed E-state index contributed by atoms with van der Waals surface area (Å²) < 4.78 is 14.9. The molecule has 1 aromatic heterocycles. The van der Waals surface area contributed by atoms with Crippen LogP contribution >= 0.6 is 11.8 Å². The van der Waals surface area contributed by atoms with Crippen molar-refractivity contribution in [1.29, 1.82) is 0 Å². The number of thioether (sulfide) groups is 1. The summed E-state index contributed by atoms with van der Waals surface area (Å²) in [6, 6.07) is 13.7. The minimum atomic E-state index is -0.377. The number of aromatic nitrogens is 3. The van der Waals surface area contributed by atoms with Crippen LogP contribution in [0, 0.1) is 12.7 Å². The van der Waals surface area contributed by atoms with E-state index >= 15 is 0 Å². The SMILES string of the molecule is C=CCn1c(CNC(=O)c2ccc(F)cc2)nnc1SCc1cccc(C)c1. The molecule has 0 saturated carbocycles. The number of nitrogens with one attached hydrogen (secondary N) is 1. The Morgan fingerprint density at radius 1 is 1.25 bits per heavy atom. The summed E-state index contributed by atoms with van der Waals surface area (Å²) in [4.78, 5) is 12.2. The lowest BCUT2D eigenvalue weighted by Gasteiger charge is -2.09. The van der Waals surface area contributed by atoms with Gasteiger partial charge in [-0.2, -0.15) is 0 Å². The quantitative estimate of drug-likeness (QED) is 0.459. The Bertz CT molecular complexity index is 969. The standard InChI is InChI=1S/C21H21FN4OS/c1-3-11-26-19(13-23-20(27)17-7-9-18(22)10-8-17)24-25-21(26)28-14-16-6-4-5-15(2)12-16/h3-10,12H,1,11,13-14H2,2H3,(H,23,27). The molecule has 1 heterocycles. The van der Waals surface area contributed by atoms with E-state index in [4.69, 9.17) is 0 Å². The van der Waals surface area contributed by atoms with Crippen LogP contribution < -0.4 is 5.32 Å². The smallest absolute Gasteiger partial charge is 0.251 e. The van der Waals surface area contributed by atoms with Crippen molar-refractivity contribution in [2.75, 3.05) is 0 Å². The van der Waals surface area contributed by atoms with Crippen LogP contribution in [0.1, 0.15) is 27.3 Å². The lowest BCUT2D eigenvalue weighted by molar-refractivity contribution is 0.0949. The van der Waals surface area contributed by atoms with E-state index in [1.165, 1.54) is 35.4 Å². The van der Waals surface area contributed by atoms with E-state index in [-0.39, 0.29) is 18.3 Å². The molecule has 0 aliphatic heterocycles. The highest BCUT2D eigenvalue weighted by molar-refractivity contribution is 7.98. The molecule has 0 fully saturated rings. The summed E-state index contributed by atoms with van der Waals surface area (Å²) in [6.45, 7) is 6.63. The van der Waals surface area contributed by atoms with Crippen LogP contribution in [0.3, 0.4) is 0 Å². The van der Waals surface area contributed by atoms with Crippen LogP contribution in [-0.4, -0.2) is 20.7 Å². The monoisotopic (exact) mass is 396 g/mol. The maximum absolute atomic E-state index is 13.0. The Morgan fingerprint density at radius 3 is 2.75 bits per heavy atom. The summed E-state index contributed by atoms with van der Waals surface area (Å²) in [6.07, 6.45) is 1.77. The largest absolute Gasteiger partial charge is 0.345 e. The zero-order chi connectivity index (χ0) is 19.9. The highest BCUT2D eigenvalue weighted by Crippen LogP contribution is 2.22. The van der Waals surface area contributed by atoms with Gasteiger partial charge in [-0.1, -0.05) is 47.7 Å². The fourth-order valence-corrected chi connectivity index (χ4v) is 3.59. The van der Waals surface area contributed by atoms with E-state index in [1.54, 1.807) is 17.8 Å². The van der Waals surface area contributed by atoms with Crippen molar-refractivity contribution in [1.82, 2.24) is 20.1 Å². The van der Waals surface area contributed by atoms with Gasteiger partial charge >= 0.3 is 0 Å². The van der Waals surface area contributed by atoms with Crippen molar-refractivity contribution < 1.29 is 9.18 Å². The van der Waals surface area contributed by atoms with Crippen LogP contribution in [0.5, 0.6) is 0 Å². The third-order valence-corrected chi connectivity index (χ3v) is 5.11. The van der Waals surface area contributed by atoms with E-state index in [2.05, 4.69) is 47.2 Å². The number of amides is 1. The molecule has 5 nitrogen and oxygen atoms in total. The summed E-state index contributed by atoms with van der Waals surface area (Å²) in [5, 5.41) is 12.0. The first-order valence-electron chi connectivity index (χ1n) is 8.82. The van der Waals surface area contributed by atoms with Crippen molar-refractivity contribution in [3.05, 3.63) is 89.5 Å². The van der Waals surface area contributed by atoms with Crippen LogP contribution in [0.4, 0.5) is 4.39 Å². The molecule has 1 amide bonds. The third kappa shape index (κ3) is 5.07. The number of halogens is 1. The van der Waals surface area contributed by atoms with Gasteiger partial charge in [0.2, 0.25) is 0 Å². The Labute approximate surface area is 167 Å². The predicted octanol–water partition coefficient (Wildman–Crippen LogP) is 4.13. The third-order valence-electron chi connectivity index (χ3n) is 4.07. The molecule has 3 rings (SSSR count). The second-order valence-corrected chi connectivity index (χ2v) is 7.21. The van der Waals surface area contributed by atoms with Gasteiger partial charge in [-0.25, -0.2) is 4.39 Å². The molecule has 2 aromatic carbocycles. The minimum absolute atomic E-state index is 0.224. The Hall–Kier alpha value is -2.93. The number of hydrogen-bond donors (Lipinski definition) is 1. The highest BCUT2D eigenvalue weighted by Gasteiger charge is 2.13. The second-order valence-electron chi connectivity index (χ2n) is 6.27. The van der Waals surface area contributed by atoms with Gasteiger partial charge in [-0.3, -0.25) is 4.79 Å². The lowest BCUT2D eigenvalue weighted by Crippen LogP contribution is -2.24. The Morgan fingerprint density at radius 2 is 2.04 bits per heavy atom. The average Bonchev–Trinajstić information content (AvgIpc) is 3.07. The number of rotatable bonds is 8. The summed E-state index contributed by atoms with van der Waals surface area (Å²) in [5.41, 5.74) is 2.82. The highest BCUT2D eigenvalue weighted by atomic mass is 32.2. The molecule has 0 saturated heterocycles. The van der Waals surface area contributed by atoms with Gasteiger partial charge in [0.1, 0.15) is 5.82 Å². The van der Waals surface area contributed by atoms with Crippen LogP contribution in [0.15, 0.2) is 66.3 Å². The molecule has 0 spiro atoms. The fraction of sp³-hybridized carbons (Fsp3) is 0.190. The summed E-state index contributed by atoms with van der Waals surface area (Å²) in [7, 11) is 0. The number of hydrogen-bond acceptors (Lipinski definition) is 4. The van der Waals surface area contributed by atoms with Gasteiger partial charge in [0.25, 0.3) is 5.91 Å². The van der Waals surface area contributed by atoms with Gasteiger partial charge < -0.3 is 9.88 Å². The van der Waals surface area contributed by atoms with Crippen LogP contribution in [0.25, 0.3) is 0 Å². The van der Waals surface area contributed by atoms with Crippen LogP contribution in [0.2, 0.25) is 0 Å². The molecular weight excluding hydrogens is 375 g/mol. The molecule has 0 atom stereocenters. The summed E-state index contributed by atoms with van der Waals surface area (Å²) in [5.74, 6) is 0.751. The molecule has 28 heavy (non-hydrogen) atoms. The topological polar surface area (TPSA) is 59.8 Å².